The van der Waals surface area contributed by atoms with Gasteiger partial charge in [-0.25, -0.2) is 5.48 Å². The van der Waals surface area contributed by atoms with Crippen LogP contribution in [0.1, 0.15) is 77.6 Å². The van der Waals surface area contributed by atoms with Crippen LogP contribution in [0.5, 0.6) is 0 Å². The van der Waals surface area contributed by atoms with Gasteiger partial charge < -0.3 is 10.6 Å². The molecule has 0 aromatic rings. The molecule has 0 spiro atoms. The highest BCUT2D eigenvalue weighted by Crippen LogP contribution is 2.43. The molecule has 0 aliphatic heterocycles. The molecule has 2 aliphatic carbocycles. The topological polar surface area (TPSA) is 47.3 Å². The highest BCUT2D eigenvalue weighted by molar-refractivity contribution is 4.99. The first-order valence-corrected chi connectivity index (χ1v) is 8.91. The molecule has 3 N–H and O–H groups in total. The van der Waals surface area contributed by atoms with Crippen molar-refractivity contribution in [1.82, 2.24) is 5.48 Å². The molecule has 0 bridgehead atoms. The van der Waals surface area contributed by atoms with Gasteiger partial charge in [0, 0.05) is 12.1 Å². The molecular formula is C17H34N2O. The van der Waals surface area contributed by atoms with Crippen LogP contribution in [0.25, 0.3) is 0 Å². The van der Waals surface area contributed by atoms with E-state index in [0.717, 1.165) is 31.4 Å². The largest absolute Gasteiger partial charge is 0.325 e. The smallest absolute Gasteiger partial charge is 0.0653 e. The third-order valence-corrected chi connectivity index (χ3v) is 5.64. The van der Waals surface area contributed by atoms with Crippen LogP contribution in [0.3, 0.4) is 0 Å². The van der Waals surface area contributed by atoms with Gasteiger partial charge in [-0.05, 0) is 50.9 Å². The minimum Gasteiger partial charge on any atom is -0.325 e. The van der Waals surface area contributed by atoms with E-state index >= 15 is 0 Å². The molecule has 2 aliphatic rings. The summed E-state index contributed by atoms with van der Waals surface area (Å²) in [4.78, 5) is 5.30. The van der Waals surface area contributed by atoms with Crippen LogP contribution < -0.4 is 11.2 Å². The van der Waals surface area contributed by atoms with Gasteiger partial charge in [-0.15, -0.1) is 0 Å². The fourth-order valence-electron chi connectivity index (χ4n) is 4.46. The third-order valence-electron chi connectivity index (χ3n) is 5.64. The predicted octanol–water partition coefficient (Wildman–Crippen LogP) is 3.78. The lowest BCUT2D eigenvalue weighted by Gasteiger charge is -2.47. The van der Waals surface area contributed by atoms with Crippen molar-refractivity contribution >= 4 is 0 Å². The Kier molecular flexibility index (Phi) is 6.79. The van der Waals surface area contributed by atoms with E-state index in [-0.39, 0.29) is 5.54 Å². The Morgan fingerprint density at radius 3 is 1.90 bits per heavy atom. The van der Waals surface area contributed by atoms with Crippen LogP contribution >= 0.6 is 0 Å². The second kappa shape index (κ2) is 8.35. The first-order valence-electron chi connectivity index (χ1n) is 8.91. The lowest BCUT2D eigenvalue weighted by Crippen LogP contribution is -2.55. The Bertz CT molecular complexity index is 240. The van der Waals surface area contributed by atoms with Crippen LogP contribution in [0.15, 0.2) is 0 Å². The van der Waals surface area contributed by atoms with Crippen molar-refractivity contribution in [3.63, 3.8) is 0 Å². The van der Waals surface area contributed by atoms with Crippen molar-refractivity contribution in [2.45, 2.75) is 83.1 Å². The minimum atomic E-state index is 0.0466. The van der Waals surface area contributed by atoms with Gasteiger partial charge >= 0.3 is 0 Å². The SMILES string of the molecule is CCONCCC(N)(C1CCCCC1)C1CCCCC1. The Hall–Kier alpha value is -0.120. The molecule has 0 aromatic heterocycles. The van der Waals surface area contributed by atoms with Crippen LogP contribution in [-0.2, 0) is 4.84 Å². The normalized spacial score (nSPS) is 23.1. The number of hydrogen-bond donors (Lipinski definition) is 2. The summed E-state index contributed by atoms with van der Waals surface area (Å²) in [5.41, 5.74) is 10.2. The van der Waals surface area contributed by atoms with E-state index in [1.807, 2.05) is 6.92 Å². The zero-order valence-electron chi connectivity index (χ0n) is 13.3. The maximum Gasteiger partial charge on any atom is 0.0653 e. The summed E-state index contributed by atoms with van der Waals surface area (Å²) in [5, 5.41) is 0. The molecule has 0 unspecified atom stereocenters. The van der Waals surface area contributed by atoms with E-state index in [4.69, 9.17) is 10.6 Å². The van der Waals surface area contributed by atoms with Crippen molar-refractivity contribution in [2.24, 2.45) is 17.6 Å². The van der Waals surface area contributed by atoms with Crippen molar-refractivity contribution in [1.29, 1.82) is 0 Å². The molecule has 0 atom stereocenters. The Balaban J connectivity index is 1.96. The number of hydroxylamine groups is 1. The monoisotopic (exact) mass is 282 g/mol. The highest BCUT2D eigenvalue weighted by atomic mass is 16.6. The summed E-state index contributed by atoms with van der Waals surface area (Å²) in [5.74, 6) is 1.48. The second-order valence-electron chi connectivity index (χ2n) is 6.86. The molecule has 0 amide bonds. The molecule has 118 valence electrons. The first kappa shape index (κ1) is 16.3. The van der Waals surface area contributed by atoms with E-state index in [2.05, 4.69) is 5.48 Å². The Morgan fingerprint density at radius 1 is 0.950 bits per heavy atom. The quantitative estimate of drug-likeness (QED) is 0.552. The lowest BCUT2D eigenvalue weighted by molar-refractivity contribution is 0.0308. The summed E-state index contributed by atoms with van der Waals surface area (Å²) >= 11 is 0. The molecule has 3 nitrogen and oxygen atoms in total. The van der Waals surface area contributed by atoms with E-state index in [9.17, 15) is 0 Å². The summed E-state index contributed by atoms with van der Waals surface area (Å²) in [6.07, 6.45) is 14.8. The van der Waals surface area contributed by atoms with Gasteiger partial charge in [0.05, 0.1) is 6.61 Å². The van der Waals surface area contributed by atoms with Gasteiger partial charge in [0.2, 0.25) is 0 Å². The number of nitrogens with two attached hydrogens (primary N) is 1. The molecule has 0 radical (unpaired) electrons. The van der Waals surface area contributed by atoms with E-state index in [1.165, 1.54) is 64.2 Å². The van der Waals surface area contributed by atoms with E-state index < -0.39 is 0 Å². The fourth-order valence-corrected chi connectivity index (χ4v) is 4.46. The summed E-state index contributed by atoms with van der Waals surface area (Å²) in [6.45, 7) is 3.65. The number of hydrogen-bond acceptors (Lipinski definition) is 3. The van der Waals surface area contributed by atoms with Crippen molar-refractivity contribution in [3.8, 4) is 0 Å². The van der Waals surface area contributed by atoms with Gasteiger partial charge in [0.15, 0.2) is 0 Å². The van der Waals surface area contributed by atoms with Gasteiger partial charge in [-0.2, -0.15) is 0 Å². The molecule has 2 rings (SSSR count). The van der Waals surface area contributed by atoms with E-state index in [1.54, 1.807) is 0 Å². The standard InChI is InChI=1S/C17H34N2O/c1-2-20-19-14-13-17(18,15-9-5-3-6-10-15)16-11-7-4-8-12-16/h15-16,19H,2-14,18H2,1H3. The molecule has 0 aromatic carbocycles. The molecule has 0 heterocycles. The Morgan fingerprint density at radius 2 is 1.45 bits per heavy atom. The molecule has 0 saturated heterocycles. The maximum absolute atomic E-state index is 7.03. The fraction of sp³-hybridized carbons (Fsp3) is 1.00. The van der Waals surface area contributed by atoms with Crippen LogP contribution in [0.4, 0.5) is 0 Å². The van der Waals surface area contributed by atoms with Gasteiger partial charge in [0.1, 0.15) is 0 Å². The van der Waals surface area contributed by atoms with Crippen molar-refractivity contribution < 1.29 is 4.84 Å². The van der Waals surface area contributed by atoms with Crippen molar-refractivity contribution in [2.75, 3.05) is 13.2 Å². The molecule has 2 fully saturated rings. The average Bonchev–Trinajstić information content (AvgIpc) is 2.53. The van der Waals surface area contributed by atoms with Crippen LogP contribution in [0.2, 0.25) is 0 Å². The van der Waals surface area contributed by atoms with Gasteiger partial charge in [-0.3, -0.25) is 0 Å². The first-order chi connectivity index (χ1) is 9.77. The zero-order valence-corrected chi connectivity index (χ0v) is 13.3. The Labute approximate surface area is 125 Å². The number of nitrogens with one attached hydrogen (secondary N) is 1. The van der Waals surface area contributed by atoms with Crippen LogP contribution in [0, 0.1) is 11.8 Å². The van der Waals surface area contributed by atoms with Crippen LogP contribution in [-0.4, -0.2) is 18.7 Å². The van der Waals surface area contributed by atoms with E-state index in [0.29, 0.717) is 0 Å². The summed E-state index contributed by atoms with van der Waals surface area (Å²) < 4.78 is 0. The average molecular weight is 282 g/mol. The number of rotatable bonds is 7. The lowest BCUT2D eigenvalue weighted by atomic mass is 9.63. The molecule has 2 saturated carbocycles. The minimum absolute atomic E-state index is 0.0466. The molecule has 20 heavy (non-hydrogen) atoms. The van der Waals surface area contributed by atoms with Crippen molar-refractivity contribution in [3.05, 3.63) is 0 Å². The third kappa shape index (κ3) is 4.19. The molecule has 3 heteroatoms. The van der Waals surface area contributed by atoms with Gasteiger partial charge in [-0.1, -0.05) is 38.5 Å². The second-order valence-corrected chi connectivity index (χ2v) is 6.86. The summed E-state index contributed by atoms with van der Waals surface area (Å²) in [6, 6.07) is 0. The molecular weight excluding hydrogens is 248 g/mol. The highest BCUT2D eigenvalue weighted by Gasteiger charge is 2.41. The zero-order chi connectivity index (χ0) is 14.3. The summed E-state index contributed by atoms with van der Waals surface area (Å²) in [7, 11) is 0. The maximum atomic E-state index is 7.03. The predicted molar refractivity (Wildman–Crippen MR) is 84.3 cm³/mol. The van der Waals surface area contributed by atoms with Gasteiger partial charge in [0.25, 0.3) is 0 Å².